The summed E-state index contributed by atoms with van der Waals surface area (Å²) in [5, 5.41) is 2.35. The molecular formula is C50H62N4OPt. The van der Waals surface area contributed by atoms with E-state index in [1.807, 2.05) is 27.0 Å². The van der Waals surface area contributed by atoms with E-state index >= 15 is 0 Å². The van der Waals surface area contributed by atoms with Gasteiger partial charge in [0.1, 0.15) is 5.65 Å². The molecule has 3 aromatic carbocycles. The van der Waals surface area contributed by atoms with Gasteiger partial charge < -0.3 is 19.2 Å². The first kappa shape index (κ1) is 36.9. The molecule has 5 aromatic rings. The van der Waals surface area contributed by atoms with E-state index in [1.54, 1.807) is 0 Å². The van der Waals surface area contributed by atoms with Crippen LogP contribution in [0.4, 0.5) is 0 Å². The molecule has 4 heterocycles. The molecular weight excluding hydrogens is 868 g/mol. The van der Waals surface area contributed by atoms with Crippen LogP contribution in [0.3, 0.4) is 0 Å². The third kappa shape index (κ3) is 6.66. The van der Waals surface area contributed by atoms with Crippen molar-refractivity contribution in [3.63, 3.8) is 0 Å². The van der Waals surface area contributed by atoms with Crippen LogP contribution in [0.25, 0.3) is 27.6 Å². The minimum absolute atomic E-state index is 0. The molecule has 0 saturated heterocycles. The fourth-order valence-corrected chi connectivity index (χ4v) is 8.96. The van der Waals surface area contributed by atoms with Crippen molar-refractivity contribution in [3.8, 4) is 17.2 Å². The number of aryl methyl sites for hydroxylation is 2. The van der Waals surface area contributed by atoms with Crippen molar-refractivity contribution in [2.75, 3.05) is 6.54 Å². The zero-order valence-electron chi connectivity index (χ0n) is 38.9. The predicted molar refractivity (Wildman–Crippen MR) is 230 cm³/mol. The Labute approximate surface area is 355 Å². The smallest absolute Gasteiger partial charge is 0.503 e. The molecule has 0 radical (unpaired) electrons. The third-order valence-electron chi connectivity index (χ3n) is 12.9. The van der Waals surface area contributed by atoms with Crippen molar-refractivity contribution < 1.29 is 29.9 Å². The zero-order chi connectivity index (χ0) is 42.1. The summed E-state index contributed by atoms with van der Waals surface area (Å²) in [6, 6.07) is 21.2. The molecule has 0 bridgehead atoms. The van der Waals surface area contributed by atoms with Crippen LogP contribution in [0.1, 0.15) is 158 Å². The molecule has 3 aliphatic rings. The summed E-state index contributed by atoms with van der Waals surface area (Å²) in [6.07, 6.45) is 7.49. The van der Waals surface area contributed by atoms with Crippen LogP contribution in [0.15, 0.2) is 47.6 Å². The summed E-state index contributed by atoms with van der Waals surface area (Å²) in [6.45, 7) is 26.4. The molecule has 0 spiro atoms. The van der Waals surface area contributed by atoms with Gasteiger partial charge in [-0.25, -0.2) is 4.98 Å². The van der Waals surface area contributed by atoms with Gasteiger partial charge in [0.25, 0.3) is 0 Å². The molecule has 2 aliphatic heterocycles. The van der Waals surface area contributed by atoms with E-state index in [2.05, 4.69) is 127 Å². The molecule has 1 fully saturated rings. The fraction of sp³-hybridized carbons (Fsp3) is 0.520. The largest absolute Gasteiger partial charge is 2.00 e. The van der Waals surface area contributed by atoms with Gasteiger partial charge in [-0.15, -0.1) is 34.4 Å². The van der Waals surface area contributed by atoms with Gasteiger partial charge in [0.15, 0.2) is 0 Å². The van der Waals surface area contributed by atoms with Gasteiger partial charge in [-0.1, -0.05) is 126 Å². The Balaban J connectivity index is 0.00000528. The third-order valence-corrected chi connectivity index (χ3v) is 12.9. The SMILES string of the molecule is [2H]C([2H])([2H])[C@@]1(C(C)(C)C)CN(C2CCCCC2)C(c2[c-]c(Oc3[c-]c4c(cc3C)C(C)(C)c3cc(C(C)(C)C)cc5c6cc(C)cnc6n-4c35)cc(C(C)(C)C)c2)=N1.[Pt+2]. The van der Waals surface area contributed by atoms with E-state index in [0.717, 1.165) is 70.5 Å². The number of ether oxygens (including phenoxy) is 1. The Morgan fingerprint density at radius 3 is 2.14 bits per heavy atom. The van der Waals surface area contributed by atoms with Crippen molar-refractivity contribution in [2.45, 2.75) is 157 Å². The Hall–Kier alpha value is -3.43. The number of nitrogens with zero attached hydrogens (tertiary/aromatic N) is 4. The van der Waals surface area contributed by atoms with Crippen LogP contribution in [0.5, 0.6) is 11.5 Å². The fourth-order valence-electron chi connectivity index (χ4n) is 8.96. The molecule has 5 nitrogen and oxygen atoms in total. The van der Waals surface area contributed by atoms with Gasteiger partial charge in [-0.3, -0.25) is 0 Å². The Bertz CT molecular complexity index is 2490. The van der Waals surface area contributed by atoms with Crippen LogP contribution >= 0.6 is 0 Å². The molecule has 0 unspecified atom stereocenters. The van der Waals surface area contributed by atoms with Crippen molar-refractivity contribution in [1.29, 1.82) is 0 Å². The first-order chi connectivity index (χ1) is 26.8. The number of amidine groups is 1. The molecule has 298 valence electrons. The molecule has 56 heavy (non-hydrogen) atoms. The summed E-state index contributed by atoms with van der Waals surface area (Å²) in [5.74, 6) is 1.91. The van der Waals surface area contributed by atoms with E-state index in [4.69, 9.17) is 18.8 Å². The number of aromatic nitrogens is 2. The van der Waals surface area contributed by atoms with Crippen molar-refractivity contribution in [3.05, 3.63) is 93.7 Å². The monoisotopic (exact) mass is 932 g/mol. The van der Waals surface area contributed by atoms with Gasteiger partial charge in [-0.2, -0.15) is 6.07 Å². The van der Waals surface area contributed by atoms with Crippen molar-refractivity contribution >= 4 is 27.8 Å². The second kappa shape index (κ2) is 13.6. The van der Waals surface area contributed by atoms with E-state index in [-0.39, 0.29) is 43.4 Å². The molecule has 1 saturated carbocycles. The van der Waals surface area contributed by atoms with Crippen LogP contribution in [0, 0.1) is 31.4 Å². The first-order valence-corrected chi connectivity index (χ1v) is 20.5. The molecule has 0 N–H and O–H groups in total. The molecule has 8 rings (SSSR count). The molecule has 6 heteroatoms. The van der Waals surface area contributed by atoms with E-state index in [1.165, 1.54) is 34.0 Å². The Kier molecular flexibility index (Phi) is 8.94. The van der Waals surface area contributed by atoms with Crippen molar-refractivity contribution in [2.24, 2.45) is 10.4 Å². The molecule has 2 aromatic heterocycles. The Morgan fingerprint density at radius 1 is 0.821 bits per heavy atom. The van der Waals surface area contributed by atoms with Gasteiger partial charge in [0.05, 0.1) is 11.1 Å². The number of aliphatic imine (C=N–C) groups is 1. The molecule has 0 amide bonds. The summed E-state index contributed by atoms with van der Waals surface area (Å²) in [5.41, 5.74) is 8.33. The number of fused-ring (bicyclic) bond motifs is 5. The van der Waals surface area contributed by atoms with Crippen molar-refractivity contribution in [1.82, 2.24) is 14.5 Å². The predicted octanol–water partition coefficient (Wildman–Crippen LogP) is 12.6. The average Bonchev–Trinajstić information content (AvgIpc) is 3.69. The van der Waals surface area contributed by atoms with Crippen LogP contribution in [-0.4, -0.2) is 38.4 Å². The zero-order valence-corrected chi connectivity index (χ0v) is 38.1. The summed E-state index contributed by atoms with van der Waals surface area (Å²) in [4.78, 5) is 12.7. The summed E-state index contributed by atoms with van der Waals surface area (Å²) in [7, 11) is 0. The number of benzene rings is 3. The van der Waals surface area contributed by atoms with Crippen LogP contribution in [0.2, 0.25) is 0 Å². The number of pyridine rings is 1. The summed E-state index contributed by atoms with van der Waals surface area (Å²) >= 11 is 0. The molecule has 1 aliphatic carbocycles. The van der Waals surface area contributed by atoms with E-state index < -0.39 is 17.8 Å². The second-order valence-electron chi connectivity index (χ2n) is 20.5. The normalized spacial score (nSPS) is 21.0. The number of rotatable bonds is 4. The number of hydrogen-bond donors (Lipinski definition) is 0. The minimum atomic E-state index is -2.29. The van der Waals surface area contributed by atoms with Gasteiger partial charge in [0.2, 0.25) is 0 Å². The first-order valence-electron chi connectivity index (χ1n) is 22.0. The maximum Gasteiger partial charge on any atom is 2.00 e. The topological polar surface area (TPSA) is 42.6 Å². The van der Waals surface area contributed by atoms with E-state index in [0.29, 0.717) is 18.0 Å². The minimum Gasteiger partial charge on any atom is -0.503 e. The standard InChI is InChI=1S/C50H62N4O.Pt/c1-30-20-38-37-25-34(47(6,7)8)26-40-43(37)54(45(38)51-28-30)41-27-42(31(2)21-39(41)49(40,12)13)55-36-23-32(22-33(24-36)46(3,4)5)44-52-50(14,48(9,10)11)29-53(44)35-18-16-15-17-19-35;/h20-22,24-26,28,35H,15-19,29H2,1-14H3;/q-2;+2/t50-;/m0./s1/i14D3;. The maximum atomic E-state index is 8.88. The number of hydrogen-bond acceptors (Lipinski definition) is 4. The van der Waals surface area contributed by atoms with Gasteiger partial charge in [0, 0.05) is 51.0 Å². The average molecular weight is 933 g/mol. The Morgan fingerprint density at radius 2 is 1.50 bits per heavy atom. The van der Waals surface area contributed by atoms with Crippen LogP contribution < -0.4 is 4.74 Å². The van der Waals surface area contributed by atoms with Gasteiger partial charge >= 0.3 is 21.1 Å². The van der Waals surface area contributed by atoms with Gasteiger partial charge in [-0.05, 0) is 77.1 Å². The van der Waals surface area contributed by atoms with E-state index in [9.17, 15) is 0 Å². The quantitative estimate of drug-likeness (QED) is 0.169. The second-order valence-corrected chi connectivity index (χ2v) is 20.5. The van der Waals surface area contributed by atoms with Crippen LogP contribution in [-0.2, 0) is 37.3 Å². The summed E-state index contributed by atoms with van der Waals surface area (Å²) < 4.78 is 35.9. The maximum absolute atomic E-state index is 8.88. The molecule has 1 atom stereocenters.